The van der Waals surface area contributed by atoms with Gasteiger partial charge in [-0.05, 0) is 30.7 Å². The molecule has 1 amide bonds. The van der Waals surface area contributed by atoms with Crippen LogP contribution in [0.1, 0.15) is 18.3 Å². The summed E-state index contributed by atoms with van der Waals surface area (Å²) in [6.07, 6.45) is 0.678. The summed E-state index contributed by atoms with van der Waals surface area (Å²) in [5.41, 5.74) is 1.83. The van der Waals surface area contributed by atoms with Gasteiger partial charge in [0.25, 0.3) is 0 Å². The van der Waals surface area contributed by atoms with Gasteiger partial charge in [0.2, 0.25) is 11.1 Å². The van der Waals surface area contributed by atoms with E-state index in [0.717, 1.165) is 11.4 Å². The Hall–Kier alpha value is -2.31. The quantitative estimate of drug-likeness (QED) is 0.637. The highest BCUT2D eigenvalue weighted by Crippen LogP contribution is 2.22. The lowest BCUT2D eigenvalue weighted by molar-refractivity contribution is -0.115. The van der Waals surface area contributed by atoms with Gasteiger partial charge in [-0.2, -0.15) is 0 Å². The summed E-state index contributed by atoms with van der Waals surface area (Å²) in [5.74, 6) is 0.651. The van der Waals surface area contributed by atoms with E-state index in [1.165, 1.54) is 11.8 Å². The van der Waals surface area contributed by atoms with Gasteiger partial charge in [0.05, 0.1) is 5.25 Å². The number of hydrogen-bond donors (Lipinski definition) is 2. The number of hydrogen-bond acceptors (Lipinski definition) is 4. The number of aromatic amines is 1. The Bertz CT molecular complexity index is 853. The molecule has 0 saturated heterocycles. The second-order valence-corrected chi connectivity index (χ2v) is 7.23. The third kappa shape index (κ3) is 5.08. The summed E-state index contributed by atoms with van der Waals surface area (Å²) in [4.78, 5) is 16.7. The molecule has 1 aromatic heterocycles. The van der Waals surface area contributed by atoms with Crippen molar-refractivity contribution in [3.8, 4) is 0 Å². The zero-order chi connectivity index (χ0) is 17.6. The minimum atomic E-state index is -0.334. The average Bonchev–Trinajstić information content (AvgIpc) is 3.02. The molecule has 2 aromatic carbocycles. The normalized spacial score (nSPS) is 11.9. The molecule has 25 heavy (non-hydrogen) atoms. The maximum Gasteiger partial charge on any atom is 0.237 e. The number of nitrogens with zero attached hydrogens (tertiary/aromatic N) is 2. The molecule has 128 valence electrons. The molecule has 7 heteroatoms. The van der Waals surface area contributed by atoms with E-state index in [4.69, 9.17) is 11.6 Å². The zero-order valence-electron chi connectivity index (χ0n) is 13.6. The zero-order valence-corrected chi connectivity index (χ0v) is 15.1. The van der Waals surface area contributed by atoms with Crippen molar-refractivity contribution in [2.45, 2.75) is 23.8 Å². The van der Waals surface area contributed by atoms with Crippen LogP contribution in [0.4, 0.5) is 5.69 Å². The summed E-state index contributed by atoms with van der Waals surface area (Å²) in [6.45, 7) is 1.82. The summed E-state index contributed by atoms with van der Waals surface area (Å²) >= 11 is 7.23. The molecule has 0 radical (unpaired) electrons. The Morgan fingerprint density at radius 3 is 2.80 bits per heavy atom. The number of aromatic nitrogens is 3. The van der Waals surface area contributed by atoms with Gasteiger partial charge in [0.1, 0.15) is 5.82 Å². The van der Waals surface area contributed by atoms with Crippen LogP contribution in [0, 0.1) is 0 Å². The van der Waals surface area contributed by atoms with Crippen LogP contribution in [0.15, 0.2) is 59.8 Å². The van der Waals surface area contributed by atoms with Crippen LogP contribution < -0.4 is 5.32 Å². The van der Waals surface area contributed by atoms with Crippen molar-refractivity contribution in [1.82, 2.24) is 15.2 Å². The van der Waals surface area contributed by atoms with Crippen molar-refractivity contribution in [3.63, 3.8) is 0 Å². The molecule has 0 fully saturated rings. The molecular formula is C18H17ClN4OS. The number of H-pyrrole nitrogens is 1. The molecule has 0 aliphatic carbocycles. The number of carbonyl (C=O) groups is 1. The molecule has 1 unspecified atom stereocenters. The average molecular weight is 373 g/mol. The fraction of sp³-hybridized carbons (Fsp3) is 0.167. The van der Waals surface area contributed by atoms with E-state index in [-0.39, 0.29) is 11.2 Å². The first-order valence-electron chi connectivity index (χ1n) is 7.78. The van der Waals surface area contributed by atoms with E-state index in [0.29, 0.717) is 22.3 Å². The summed E-state index contributed by atoms with van der Waals surface area (Å²) in [7, 11) is 0. The Labute approximate surface area is 155 Å². The number of carbonyl (C=O) groups excluding carboxylic acids is 1. The maximum absolute atomic E-state index is 12.3. The van der Waals surface area contributed by atoms with Crippen LogP contribution >= 0.6 is 23.4 Å². The third-order valence-electron chi connectivity index (χ3n) is 3.47. The lowest BCUT2D eigenvalue weighted by atomic mass is 10.1. The second kappa shape index (κ2) is 8.18. The molecule has 2 N–H and O–H groups in total. The minimum Gasteiger partial charge on any atom is -0.325 e. The van der Waals surface area contributed by atoms with E-state index < -0.39 is 0 Å². The van der Waals surface area contributed by atoms with E-state index in [1.807, 2.05) is 37.3 Å². The monoisotopic (exact) mass is 372 g/mol. The predicted octanol–water partition coefficient (Wildman–Crippen LogP) is 4.17. The molecule has 0 saturated carbocycles. The highest BCUT2D eigenvalue weighted by molar-refractivity contribution is 8.00. The van der Waals surface area contributed by atoms with Gasteiger partial charge in [-0.25, -0.2) is 4.98 Å². The molecule has 1 atom stereocenters. The molecule has 1 heterocycles. The molecule has 0 bridgehead atoms. The Kier molecular flexibility index (Phi) is 5.73. The van der Waals surface area contributed by atoms with Gasteiger partial charge in [0.15, 0.2) is 0 Å². The van der Waals surface area contributed by atoms with Gasteiger partial charge in [-0.3, -0.25) is 9.89 Å². The standard InChI is InChI=1S/C18H17ClN4OS/c1-12(17(24)20-15-9-5-8-14(19)11-15)25-18-21-16(22-23-18)10-13-6-3-2-4-7-13/h2-9,11-12H,10H2,1H3,(H,20,24)(H,21,22,23). The van der Waals surface area contributed by atoms with Crippen LogP contribution in [0.2, 0.25) is 5.02 Å². The second-order valence-electron chi connectivity index (χ2n) is 5.49. The number of benzene rings is 2. The Morgan fingerprint density at radius 2 is 2.04 bits per heavy atom. The van der Waals surface area contributed by atoms with Crippen LogP contribution in [0.25, 0.3) is 0 Å². The molecule has 5 nitrogen and oxygen atoms in total. The molecule has 0 spiro atoms. The van der Waals surface area contributed by atoms with Gasteiger partial charge >= 0.3 is 0 Å². The van der Waals surface area contributed by atoms with Crippen molar-refractivity contribution in [1.29, 1.82) is 0 Å². The Morgan fingerprint density at radius 1 is 1.24 bits per heavy atom. The van der Waals surface area contributed by atoms with Gasteiger partial charge in [-0.1, -0.05) is 59.8 Å². The van der Waals surface area contributed by atoms with E-state index in [9.17, 15) is 4.79 Å². The molecule has 3 aromatic rings. The third-order valence-corrected chi connectivity index (χ3v) is 4.67. The highest BCUT2D eigenvalue weighted by Gasteiger charge is 2.17. The number of anilines is 1. The number of nitrogens with one attached hydrogen (secondary N) is 2. The minimum absolute atomic E-state index is 0.123. The first kappa shape index (κ1) is 17.5. The maximum atomic E-state index is 12.3. The van der Waals surface area contributed by atoms with Crippen molar-refractivity contribution in [3.05, 3.63) is 71.0 Å². The van der Waals surface area contributed by atoms with Crippen LogP contribution in [-0.2, 0) is 11.2 Å². The van der Waals surface area contributed by atoms with Crippen molar-refractivity contribution in [2.75, 3.05) is 5.32 Å². The first-order chi connectivity index (χ1) is 12.1. The summed E-state index contributed by atoms with van der Waals surface area (Å²) in [6, 6.07) is 17.1. The van der Waals surface area contributed by atoms with Crippen LogP contribution in [-0.4, -0.2) is 26.3 Å². The fourth-order valence-corrected chi connectivity index (χ4v) is 3.15. The Balaban J connectivity index is 1.57. The molecule has 0 aliphatic rings. The predicted molar refractivity (Wildman–Crippen MR) is 101 cm³/mol. The van der Waals surface area contributed by atoms with Gasteiger partial charge in [0, 0.05) is 17.1 Å². The SMILES string of the molecule is CC(Sc1n[nH]c(Cc2ccccc2)n1)C(=O)Nc1cccc(Cl)c1. The molecular weight excluding hydrogens is 356 g/mol. The topological polar surface area (TPSA) is 70.7 Å². The number of halogens is 1. The number of thioether (sulfide) groups is 1. The largest absolute Gasteiger partial charge is 0.325 e. The smallest absolute Gasteiger partial charge is 0.237 e. The van der Waals surface area contributed by atoms with Crippen LogP contribution in [0.5, 0.6) is 0 Å². The highest BCUT2D eigenvalue weighted by atomic mass is 35.5. The molecule has 3 rings (SSSR count). The number of amides is 1. The lowest BCUT2D eigenvalue weighted by Crippen LogP contribution is -2.22. The van der Waals surface area contributed by atoms with Crippen LogP contribution in [0.3, 0.4) is 0 Å². The van der Waals surface area contributed by atoms with Gasteiger partial charge in [-0.15, -0.1) is 5.10 Å². The summed E-state index contributed by atoms with van der Waals surface area (Å²) in [5, 5.41) is 10.7. The fourth-order valence-electron chi connectivity index (χ4n) is 2.22. The van der Waals surface area contributed by atoms with E-state index in [1.54, 1.807) is 24.3 Å². The van der Waals surface area contributed by atoms with E-state index >= 15 is 0 Å². The van der Waals surface area contributed by atoms with E-state index in [2.05, 4.69) is 20.5 Å². The lowest BCUT2D eigenvalue weighted by Gasteiger charge is -2.10. The molecule has 0 aliphatic heterocycles. The number of rotatable bonds is 6. The summed E-state index contributed by atoms with van der Waals surface area (Å²) < 4.78 is 0. The van der Waals surface area contributed by atoms with Crippen molar-refractivity contribution >= 4 is 35.0 Å². The first-order valence-corrected chi connectivity index (χ1v) is 9.04. The van der Waals surface area contributed by atoms with Gasteiger partial charge < -0.3 is 5.32 Å². The van der Waals surface area contributed by atoms with Crippen molar-refractivity contribution < 1.29 is 4.79 Å². The van der Waals surface area contributed by atoms with Crippen molar-refractivity contribution in [2.24, 2.45) is 0 Å².